The Bertz CT molecular complexity index is 1770. The maximum absolute atomic E-state index is 13.2. The van der Waals surface area contributed by atoms with Crippen molar-refractivity contribution in [3.05, 3.63) is 117 Å². The second kappa shape index (κ2) is 10.3. The summed E-state index contributed by atoms with van der Waals surface area (Å²) in [4.78, 5) is 13.2. The average Bonchev–Trinajstić information content (AvgIpc) is 3.68. The normalized spacial score (nSPS) is 11.2. The van der Waals surface area contributed by atoms with Gasteiger partial charge in [0.2, 0.25) is 0 Å². The number of carbonyl (C=O) groups excluding carboxylic acids is 1. The molecule has 3 aromatic carbocycles. The number of hydrogen-bond donors (Lipinski definition) is 0. The summed E-state index contributed by atoms with van der Waals surface area (Å²) in [6, 6.07) is 25.1. The fourth-order valence-corrected chi connectivity index (χ4v) is 5.10. The van der Waals surface area contributed by atoms with Gasteiger partial charge in [0, 0.05) is 19.8 Å². The van der Waals surface area contributed by atoms with Gasteiger partial charge in [-0.25, -0.2) is 14.2 Å². The van der Waals surface area contributed by atoms with E-state index in [1.54, 1.807) is 15.6 Å². The number of carbonyl (C=O) groups is 1. The van der Waals surface area contributed by atoms with E-state index in [0.29, 0.717) is 23.6 Å². The Morgan fingerprint density at radius 2 is 1.34 bits per heavy atom. The summed E-state index contributed by atoms with van der Waals surface area (Å²) >= 11 is 7.07. The van der Waals surface area contributed by atoms with Crippen molar-refractivity contribution in [2.24, 2.45) is 0 Å². The van der Waals surface area contributed by atoms with Gasteiger partial charge in [-0.15, -0.1) is 10.2 Å². The average molecular weight is 633 g/mol. The Morgan fingerprint density at radius 3 is 2.03 bits per heavy atom. The van der Waals surface area contributed by atoms with Crippen molar-refractivity contribution in [1.29, 1.82) is 0 Å². The van der Waals surface area contributed by atoms with E-state index in [2.05, 4.69) is 52.5 Å². The highest BCUT2D eigenvalue weighted by Gasteiger charge is 2.19. The topological polar surface area (TPSA) is 92.7 Å². The zero-order valence-electron chi connectivity index (χ0n) is 19.8. The first-order valence-corrected chi connectivity index (χ1v) is 13.2. The van der Waals surface area contributed by atoms with E-state index in [9.17, 15) is 4.79 Å². The molecular formula is C27H19Br2N7O2. The van der Waals surface area contributed by atoms with Crippen LogP contribution in [0.15, 0.2) is 100 Å². The molecule has 3 aromatic heterocycles. The van der Waals surface area contributed by atoms with Crippen LogP contribution in [-0.4, -0.2) is 40.5 Å². The minimum atomic E-state index is -0.463. The van der Waals surface area contributed by atoms with Gasteiger partial charge in [-0.2, -0.15) is 0 Å². The van der Waals surface area contributed by atoms with Crippen molar-refractivity contribution in [1.82, 2.24) is 34.6 Å². The molecular weight excluding hydrogens is 614 g/mol. The summed E-state index contributed by atoms with van der Waals surface area (Å²) in [5.74, 6) is -0.463. The fraction of sp³-hybridized carbons (Fsp3) is 0.0741. The number of benzene rings is 3. The number of ether oxygens (including phenoxy) is 1. The third-order valence-corrected chi connectivity index (χ3v) is 7.31. The Kier molecular flexibility index (Phi) is 6.61. The van der Waals surface area contributed by atoms with E-state index < -0.39 is 5.97 Å². The molecule has 0 bridgehead atoms. The molecule has 0 atom stereocenters. The predicted molar refractivity (Wildman–Crippen MR) is 148 cm³/mol. The molecule has 9 nitrogen and oxygen atoms in total. The molecule has 3 heterocycles. The van der Waals surface area contributed by atoms with Crippen molar-refractivity contribution in [2.75, 3.05) is 0 Å². The van der Waals surface area contributed by atoms with Gasteiger partial charge in [0.15, 0.2) is 0 Å². The van der Waals surface area contributed by atoms with Crippen LogP contribution in [0, 0.1) is 0 Å². The highest BCUT2D eigenvalue weighted by Crippen LogP contribution is 2.24. The third-order valence-electron chi connectivity index (χ3n) is 5.97. The lowest BCUT2D eigenvalue weighted by Gasteiger charge is -2.09. The van der Waals surface area contributed by atoms with Crippen molar-refractivity contribution >= 4 is 48.7 Å². The third kappa shape index (κ3) is 4.77. The summed E-state index contributed by atoms with van der Waals surface area (Å²) in [5, 5.41) is 17.9. The van der Waals surface area contributed by atoms with Crippen LogP contribution in [-0.2, 0) is 17.9 Å². The largest absolute Gasteiger partial charge is 0.454 e. The summed E-state index contributed by atoms with van der Waals surface area (Å²) < 4.78 is 12.7. The fourth-order valence-electron chi connectivity index (χ4n) is 4.17. The highest BCUT2D eigenvalue weighted by molar-refractivity contribution is 9.11. The van der Waals surface area contributed by atoms with Crippen molar-refractivity contribution < 1.29 is 9.53 Å². The molecule has 38 heavy (non-hydrogen) atoms. The van der Waals surface area contributed by atoms with Gasteiger partial charge in [0.05, 0.1) is 30.3 Å². The van der Waals surface area contributed by atoms with Crippen LogP contribution in [0.2, 0.25) is 0 Å². The van der Waals surface area contributed by atoms with Crippen LogP contribution < -0.4 is 0 Å². The minimum Gasteiger partial charge on any atom is -0.454 e. The Morgan fingerprint density at radius 1 is 0.763 bits per heavy atom. The quantitative estimate of drug-likeness (QED) is 0.209. The smallest absolute Gasteiger partial charge is 0.355 e. The number of aromatic nitrogens is 7. The summed E-state index contributed by atoms with van der Waals surface area (Å²) in [6.07, 6.45) is 3.59. The second-order valence-corrected chi connectivity index (χ2v) is 10.2. The van der Waals surface area contributed by atoms with Crippen LogP contribution in [0.3, 0.4) is 0 Å². The van der Waals surface area contributed by atoms with Crippen LogP contribution in [0.5, 0.6) is 0 Å². The molecule has 0 amide bonds. The number of halogens is 2. The molecule has 0 N–H and O–H groups in total. The number of esters is 1. The molecule has 0 radical (unpaired) electrons. The number of hydrogen-bond acceptors (Lipinski definition) is 6. The van der Waals surface area contributed by atoms with E-state index in [1.807, 2.05) is 89.6 Å². The standard InChI is InChI=1S/C27H19Br2N7O2/c28-21-8-2-5-11-24(21)35-15-19(30-32-35)14-34-23-10-4-1-7-18(23)13-26(34)27(37)38-17-20-16-36(33-31-20)25-12-6-3-9-22(25)29/h1-13,15-16H,14,17H2. The molecule has 0 spiro atoms. The monoisotopic (exact) mass is 631 g/mol. The highest BCUT2D eigenvalue weighted by atomic mass is 79.9. The van der Waals surface area contributed by atoms with Crippen molar-refractivity contribution in [3.63, 3.8) is 0 Å². The molecule has 0 aliphatic carbocycles. The van der Waals surface area contributed by atoms with E-state index in [-0.39, 0.29) is 6.61 Å². The first kappa shape index (κ1) is 24.3. The van der Waals surface area contributed by atoms with Crippen molar-refractivity contribution in [3.8, 4) is 11.4 Å². The van der Waals surface area contributed by atoms with Gasteiger partial charge in [0.25, 0.3) is 0 Å². The first-order chi connectivity index (χ1) is 18.6. The van der Waals surface area contributed by atoms with Crippen LogP contribution in [0.4, 0.5) is 0 Å². The molecule has 11 heteroatoms. The maximum Gasteiger partial charge on any atom is 0.355 e. The zero-order valence-corrected chi connectivity index (χ0v) is 22.9. The molecule has 188 valence electrons. The predicted octanol–water partition coefficient (Wildman–Crippen LogP) is 5.73. The molecule has 0 aliphatic heterocycles. The van der Waals surface area contributed by atoms with Crippen LogP contribution in [0.25, 0.3) is 22.3 Å². The maximum atomic E-state index is 13.2. The Hall–Kier alpha value is -4.09. The SMILES string of the molecule is O=C(OCc1cn(-c2ccccc2Br)nn1)c1cc2ccccc2n1Cc1cn(-c2ccccc2Br)nn1. The lowest BCUT2D eigenvalue weighted by Crippen LogP contribution is -2.13. The summed E-state index contributed by atoms with van der Waals surface area (Å²) in [6.45, 7) is 0.337. The van der Waals surface area contributed by atoms with Crippen LogP contribution in [0.1, 0.15) is 21.9 Å². The van der Waals surface area contributed by atoms with E-state index in [1.165, 1.54) is 0 Å². The molecule has 6 rings (SSSR count). The number of rotatable bonds is 7. The number of nitrogens with zero attached hydrogens (tertiary/aromatic N) is 7. The summed E-state index contributed by atoms with van der Waals surface area (Å²) in [7, 11) is 0. The van der Waals surface area contributed by atoms with Gasteiger partial charge < -0.3 is 9.30 Å². The van der Waals surface area contributed by atoms with Gasteiger partial charge >= 0.3 is 5.97 Å². The summed E-state index contributed by atoms with van der Waals surface area (Å²) in [5.41, 5.74) is 4.27. The van der Waals surface area contributed by atoms with E-state index in [4.69, 9.17) is 4.74 Å². The second-order valence-electron chi connectivity index (χ2n) is 8.46. The van der Waals surface area contributed by atoms with Gasteiger partial charge in [0.1, 0.15) is 23.7 Å². The van der Waals surface area contributed by atoms with Gasteiger partial charge in [-0.05, 0) is 68.3 Å². The zero-order chi connectivity index (χ0) is 26.1. The molecule has 0 saturated heterocycles. The Balaban J connectivity index is 1.24. The van der Waals surface area contributed by atoms with Crippen LogP contribution >= 0.6 is 31.9 Å². The first-order valence-electron chi connectivity index (χ1n) is 11.6. The molecule has 0 saturated carbocycles. The van der Waals surface area contributed by atoms with E-state index >= 15 is 0 Å². The Labute approximate surface area is 233 Å². The lowest BCUT2D eigenvalue weighted by atomic mass is 10.2. The van der Waals surface area contributed by atoms with E-state index in [0.717, 1.165) is 31.2 Å². The van der Waals surface area contributed by atoms with Crippen molar-refractivity contribution in [2.45, 2.75) is 13.2 Å². The lowest BCUT2D eigenvalue weighted by molar-refractivity contribution is 0.0456. The molecule has 6 aromatic rings. The minimum absolute atomic E-state index is 0.0109. The molecule has 0 fully saturated rings. The molecule has 0 aliphatic rings. The number of para-hydroxylation sites is 3. The molecule has 0 unspecified atom stereocenters. The van der Waals surface area contributed by atoms with Gasteiger partial charge in [-0.3, -0.25) is 0 Å². The number of fused-ring (bicyclic) bond motifs is 1. The van der Waals surface area contributed by atoms with Gasteiger partial charge in [-0.1, -0.05) is 52.9 Å².